The SMILES string of the molecule is CCC(NC(=O)c1cccnc1N1CCCCC1)c1c(C)noc1C. The predicted molar refractivity (Wildman–Crippen MR) is 96.8 cm³/mol. The Morgan fingerprint density at radius 1 is 1.32 bits per heavy atom. The average molecular weight is 342 g/mol. The van der Waals surface area contributed by atoms with E-state index in [1.165, 1.54) is 6.42 Å². The monoisotopic (exact) mass is 342 g/mol. The topological polar surface area (TPSA) is 71.3 Å². The van der Waals surface area contributed by atoms with Crippen LogP contribution in [-0.2, 0) is 0 Å². The minimum absolute atomic E-state index is 0.0967. The van der Waals surface area contributed by atoms with Gasteiger partial charge in [0.15, 0.2) is 0 Å². The van der Waals surface area contributed by atoms with E-state index in [4.69, 9.17) is 4.52 Å². The van der Waals surface area contributed by atoms with Crippen molar-refractivity contribution >= 4 is 11.7 Å². The molecule has 1 unspecified atom stereocenters. The van der Waals surface area contributed by atoms with Crippen molar-refractivity contribution in [2.75, 3.05) is 18.0 Å². The van der Waals surface area contributed by atoms with Crippen LogP contribution in [0.3, 0.4) is 0 Å². The van der Waals surface area contributed by atoms with Gasteiger partial charge in [-0.3, -0.25) is 4.79 Å². The van der Waals surface area contributed by atoms with E-state index in [-0.39, 0.29) is 11.9 Å². The molecule has 0 aromatic carbocycles. The van der Waals surface area contributed by atoms with Crippen LogP contribution in [0.2, 0.25) is 0 Å². The quantitative estimate of drug-likeness (QED) is 0.899. The van der Waals surface area contributed by atoms with Gasteiger partial charge in [-0.25, -0.2) is 4.98 Å². The number of carbonyl (C=O) groups excluding carboxylic acids is 1. The largest absolute Gasteiger partial charge is 0.361 e. The maximum atomic E-state index is 13.0. The van der Waals surface area contributed by atoms with Crippen LogP contribution in [0.5, 0.6) is 0 Å². The number of aryl methyl sites for hydroxylation is 2. The number of anilines is 1. The van der Waals surface area contributed by atoms with Gasteiger partial charge in [0.2, 0.25) is 0 Å². The molecule has 0 spiro atoms. The van der Waals surface area contributed by atoms with E-state index in [1.807, 2.05) is 32.9 Å². The van der Waals surface area contributed by atoms with Crippen LogP contribution in [0.1, 0.15) is 66.0 Å². The number of nitrogens with zero attached hydrogens (tertiary/aromatic N) is 3. The van der Waals surface area contributed by atoms with Crippen LogP contribution in [-0.4, -0.2) is 29.1 Å². The van der Waals surface area contributed by atoms with Crippen molar-refractivity contribution in [2.45, 2.75) is 52.5 Å². The zero-order valence-electron chi connectivity index (χ0n) is 15.2. The summed E-state index contributed by atoms with van der Waals surface area (Å²) in [6, 6.07) is 3.55. The summed E-state index contributed by atoms with van der Waals surface area (Å²) in [5, 5.41) is 7.15. The van der Waals surface area contributed by atoms with Gasteiger partial charge in [-0.15, -0.1) is 0 Å². The summed E-state index contributed by atoms with van der Waals surface area (Å²) >= 11 is 0. The number of rotatable bonds is 5. The fourth-order valence-electron chi connectivity index (χ4n) is 3.53. The molecule has 1 atom stereocenters. The van der Waals surface area contributed by atoms with E-state index in [2.05, 4.69) is 20.4 Å². The molecule has 0 radical (unpaired) electrons. The Balaban J connectivity index is 1.83. The van der Waals surface area contributed by atoms with E-state index < -0.39 is 0 Å². The van der Waals surface area contributed by atoms with E-state index in [0.29, 0.717) is 5.56 Å². The Morgan fingerprint density at radius 3 is 2.72 bits per heavy atom. The fraction of sp³-hybridized carbons (Fsp3) is 0.526. The molecule has 3 rings (SSSR count). The van der Waals surface area contributed by atoms with Crippen LogP contribution in [0.15, 0.2) is 22.9 Å². The van der Waals surface area contributed by atoms with Gasteiger partial charge < -0.3 is 14.7 Å². The molecule has 1 aliphatic rings. The Morgan fingerprint density at radius 2 is 2.08 bits per heavy atom. The minimum Gasteiger partial charge on any atom is -0.361 e. The van der Waals surface area contributed by atoms with Gasteiger partial charge in [0.1, 0.15) is 11.6 Å². The molecule has 1 aliphatic heterocycles. The van der Waals surface area contributed by atoms with Crippen LogP contribution in [0, 0.1) is 13.8 Å². The lowest BCUT2D eigenvalue weighted by atomic mass is 10.0. The smallest absolute Gasteiger partial charge is 0.255 e. The summed E-state index contributed by atoms with van der Waals surface area (Å²) in [6.45, 7) is 7.75. The highest BCUT2D eigenvalue weighted by Crippen LogP contribution is 2.26. The highest BCUT2D eigenvalue weighted by atomic mass is 16.5. The lowest BCUT2D eigenvalue weighted by Gasteiger charge is -2.29. The second-order valence-corrected chi connectivity index (χ2v) is 6.59. The first-order valence-corrected chi connectivity index (χ1v) is 9.05. The van der Waals surface area contributed by atoms with Gasteiger partial charge in [-0.05, 0) is 51.7 Å². The van der Waals surface area contributed by atoms with Crippen molar-refractivity contribution in [3.8, 4) is 0 Å². The fourth-order valence-corrected chi connectivity index (χ4v) is 3.53. The third-order valence-corrected chi connectivity index (χ3v) is 4.84. The number of amides is 1. The summed E-state index contributed by atoms with van der Waals surface area (Å²) in [6.07, 6.45) is 6.07. The van der Waals surface area contributed by atoms with E-state index in [9.17, 15) is 4.79 Å². The van der Waals surface area contributed by atoms with Crippen LogP contribution in [0.25, 0.3) is 0 Å². The summed E-state index contributed by atoms with van der Waals surface area (Å²) in [5.41, 5.74) is 2.43. The standard InChI is InChI=1S/C19H26N4O2/c1-4-16(17-13(2)22-25-14(17)3)21-19(24)15-9-8-10-20-18(15)23-11-6-5-7-12-23/h8-10,16H,4-7,11-12H2,1-3H3,(H,21,24). The highest BCUT2D eigenvalue weighted by molar-refractivity contribution is 5.99. The molecular formula is C19H26N4O2. The molecule has 1 N–H and O–H groups in total. The van der Waals surface area contributed by atoms with Crippen LogP contribution < -0.4 is 10.2 Å². The van der Waals surface area contributed by atoms with Gasteiger partial charge in [0, 0.05) is 24.8 Å². The summed E-state index contributed by atoms with van der Waals surface area (Å²) in [7, 11) is 0. The third kappa shape index (κ3) is 3.67. The molecule has 3 heterocycles. The van der Waals surface area contributed by atoms with Crippen LogP contribution in [0.4, 0.5) is 5.82 Å². The molecule has 1 fully saturated rings. The number of piperidine rings is 1. The van der Waals surface area contributed by atoms with Crippen molar-refractivity contribution in [2.24, 2.45) is 0 Å². The van der Waals surface area contributed by atoms with E-state index in [1.54, 1.807) is 6.20 Å². The number of nitrogens with one attached hydrogen (secondary N) is 1. The molecule has 0 saturated carbocycles. The molecule has 2 aromatic rings. The molecule has 1 amide bonds. The van der Waals surface area contributed by atoms with E-state index in [0.717, 1.165) is 55.2 Å². The summed E-state index contributed by atoms with van der Waals surface area (Å²) in [5.74, 6) is 1.45. The molecule has 0 aliphatic carbocycles. The Bertz CT molecular complexity index is 715. The lowest BCUT2D eigenvalue weighted by Crippen LogP contribution is -2.34. The molecule has 1 saturated heterocycles. The number of aromatic nitrogens is 2. The van der Waals surface area contributed by atoms with Crippen molar-refractivity contribution < 1.29 is 9.32 Å². The third-order valence-electron chi connectivity index (χ3n) is 4.84. The van der Waals surface area contributed by atoms with Crippen molar-refractivity contribution in [3.63, 3.8) is 0 Å². The second-order valence-electron chi connectivity index (χ2n) is 6.59. The first-order valence-electron chi connectivity index (χ1n) is 9.05. The normalized spacial score (nSPS) is 15.9. The Kier molecular flexibility index (Phi) is 5.36. The molecule has 6 nitrogen and oxygen atoms in total. The zero-order valence-corrected chi connectivity index (χ0v) is 15.2. The van der Waals surface area contributed by atoms with Gasteiger partial charge >= 0.3 is 0 Å². The number of carbonyl (C=O) groups is 1. The zero-order chi connectivity index (χ0) is 17.8. The first kappa shape index (κ1) is 17.5. The second kappa shape index (κ2) is 7.68. The number of hydrogen-bond donors (Lipinski definition) is 1. The molecule has 25 heavy (non-hydrogen) atoms. The van der Waals surface area contributed by atoms with Gasteiger partial charge in [0.05, 0.1) is 17.3 Å². The molecule has 2 aromatic heterocycles. The predicted octanol–water partition coefficient (Wildman–Crippen LogP) is 3.56. The minimum atomic E-state index is -0.117. The first-order chi connectivity index (χ1) is 12.1. The Labute approximate surface area is 148 Å². The maximum absolute atomic E-state index is 13.0. The molecule has 6 heteroatoms. The highest BCUT2D eigenvalue weighted by Gasteiger charge is 2.24. The van der Waals surface area contributed by atoms with E-state index >= 15 is 0 Å². The van der Waals surface area contributed by atoms with Gasteiger partial charge in [-0.1, -0.05) is 12.1 Å². The summed E-state index contributed by atoms with van der Waals surface area (Å²) in [4.78, 5) is 19.7. The van der Waals surface area contributed by atoms with Crippen molar-refractivity contribution in [1.29, 1.82) is 0 Å². The number of pyridine rings is 1. The van der Waals surface area contributed by atoms with Crippen LogP contribution >= 0.6 is 0 Å². The van der Waals surface area contributed by atoms with Gasteiger partial charge in [0.25, 0.3) is 5.91 Å². The Hall–Kier alpha value is -2.37. The average Bonchev–Trinajstić information content (AvgIpc) is 2.99. The summed E-state index contributed by atoms with van der Waals surface area (Å²) < 4.78 is 5.26. The number of hydrogen-bond acceptors (Lipinski definition) is 5. The van der Waals surface area contributed by atoms with Crippen molar-refractivity contribution in [1.82, 2.24) is 15.5 Å². The lowest BCUT2D eigenvalue weighted by molar-refractivity contribution is 0.0935. The molecule has 0 bridgehead atoms. The maximum Gasteiger partial charge on any atom is 0.255 e. The molecule has 134 valence electrons. The van der Waals surface area contributed by atoms with Crippen molar-refractivity contribution in [3.05, 3.63) is 40.9 Å². The molecular weight excluding hydrogens is 316 g/mol. The van der Waals surface area contributed by atoms with Gasteiger partial charge in [-0.2, -0.15) is 0 Å².